The average molecular weight is 194 g/mol. The lowest BCUT2D eigenvalue weighted by Crippen LogP contribution is -2.32. The van der Waals surface area contributed by atoms with Crippen molar-refractivity contribution in [1.29, 1.82) is 0 Å². The summed E-state index contributed by atoms with van der Waals surface area (Å²) in [6, 6.07) is 0. The first-order chi connectivity index (χ1) is 5.92. The van der Waals surface area contributed by atoms with Gasteiger partial charge in [0.1, 0.15) is 6.54 Å². The fraction of sp³-hybridized carbons (Fsp3) is 0.714. The summed E-state index contributed by atoms with van der Waals surface area (Å²) in [6.07, 6.45) is -3.84. The fourth-order valence-corrected chi connectivity index (χ4v) is 1.02. The Kier molecular flexibility index (Phi) is 2.58. The van der Waals surface area contributed by atoms with Gasteiger partial charge < -0.3 is 0 Å². The third kappa shape index (κ3) is 2.71. The summed E-state index contributed by atoms with van der Waals surface area (Å²) in [5.74, 6) is -0.575. The molecule has 1 amide bonds. The molecule has 0 bridgehead atoms. The van der Waals surface area contributed by atoms with Crippen LogP contribution >= 0.6 is 0 Å². The number of carbonyl (C=O) groups excluding carboxylic acids is 1. The summed E-state index contributed by atoms with van der Waals surface area (Å²) >= 11 is 0. The first kappa shape index (κ1) is 10.0. The smallest absolute Gasteiger partial charge is 0.273 e. The molecule has 0 spiro atoms. The fourth-order valence-electron chi connectivity index (χ4n) is 1.02. The molecule has 0 radical (unpaired) electrons. The highest BCUT2D eigenvalue weighted by molar-refractivity contribution is 6.04. The van der Waals surface area contributed by atoms with Crippen LogP contribution in [0.25, 0.3) is 0 Å². The summed E-state index contributed by atoms with van der Waals surface area (Å²) in [4.78, 5) is 10.9. The molecule has 6 heteroatoms. The Morgan fingerprint density at radius 3 is 2.54 bits per heavy atom. The Morgan fingerprint density at radius 2 is 2.15 bits per heavy atom. The molecule has 0 aromatic carbocycles. The number of hydrogen-bond acceptors (Lipinski definition) is 2. The van der Waals surface area contributed by atoms with Gasteiger partial charge in [-0.15, -0.1) is 0 Å². The molecule has 1 aliphatic rings. The second-order valence-corrected chi connectivity index (χ2v) is 2.76. The van der Waals surface area contributed by atoms with Crippen LogP contribution in [0.4, 0.5) is 13.2 Å². The SMILES string of the molecule is CCC1=NN(CC(F)(F)F)C(=O)C1. The Bertz CT molecular complexity index is 247. The van der Waals surface area contributed by atoms with Crippen LogP contribution in [0.5, 0.6) is 0 Å². The third-order valence-electron chi connectivity index (χ3n) is 1.64. The number of carbonyl (C=O) groups is 1. The lowest BCUT2D eigenvalue weighted by Gasteiger charge is -2.13. The van der Waals surface area contributed by atoms with E-state index in [0.29, 0.717) is 17.1 Å². The zero-order chi connectivity index (χ0) is 10.1. The number of halogens is 3. The van der Waals surface area contributed by atoms with Crippen molar-refractivity contribution in [3.8, 4) is 0 Å². The van der Waals surface area contributed by atoms with E-state index in [2.05, 4.69) is 5.10 Å². The lowest BCUT2D eigenvalue weighted by molar-refractivity contribution is -0.159. The Labute approximate surface area is 73.2 Å². The molecule has 0 aromatic rings. The summed E-state index contributed by atoms with van der Waals surface area (Å²) in [5.41, 5.74) is 0.509. The highest BCUT2D eigenvalue weighted by Crippen LogP contribution is 2.20. The first-order valence-corrected chi connectivity index (χ1v) is 3.86. The molecular formula is C7H9F3N2O. The molecule has 1 aliphatic heterocycles. The standard InChI is InChI=1S/C7H9F3N2O/c1-2-5-3-6(13)12(11-5)4-7(8,9)10/h2-4H2,1H3. The predicted molar refractivity (Wildman–Crippen MR) is 40.1 cm³/mol. The van der Waals surface area contributed by atoms with E-state index in [1.54, 1.807) is 6.92 Å². The highest BCUT2D eigenvalue weighted by atomic mass is 19.4. The zero-order valence-electron chi connectivity index (χ0n) is 7.06. The van der Waals surface area contributed by atoms with E-state index in [-0.39, 0.29) is 6.42 Å². The van der Waals surface area contributed by atoms with E-state index in [9.17, 15) is 18.0 Å². The maximum atomic E-state index is 11.8. The van der Waals surface area contributed by atoms with Crippen LogP contribution in [-0.4, -0.2) is 29.3 Å². The number of hydrazone groups is 1. The van der Waals surface area contributed by atoms with Crippen molar-refractivity contribution in [3.05, 3.63) is 0 Å². The van der Waals surface area contributed by atoms with Gasteiger partial charge in [0.15, 0.2) is 0 Å². The van der Waals surface area contributed by atoms with Gasteiger partial charge in [0.2, 0.25) is 5.91 Å². The molecule has 0 saturated heterocycles. The minimum atomic E-state index is -4.37. The normalized spacial score (nSPS) is 18.0. The molecule has 1 rings (SSSR count). The molecule has 0 aromatic heterocycles. The maximum absolute atomic E-state index is 11.8. The molecule has 3 nitrogen and oxygen atoms in total. The van der Waals surface area contributed by atoms with Crippen LogP contribution in [0.3, 0.4) is 0 Å². The minimum Gasteiger partial charge on any atom is -0.273 e. The number of amides is 1. The monoisotopic (exact) mass is 194 g/mol. The maximum Gasteiger partial charge on any atom is 0.408 e. The first-order valence-electron chi connectivity index (χ1n) is 3.86. The summed E-state index contributed by atoms with van der Waals surface area (Å²) in [5, 5.41) is 4.04. The summed E-state index contributed by atoms with van der Waals surface area (Å²) < 4.78 is 35.5. The average Bonchev–Trinajstić information content (AvgIpc) is 2.29. The van der Waals surface area contributed by atoms with Crippen LogP contribution in [-0.2, 0) is 4.79 Å². The molecule has 0 unspecified atom stereocenters. The Hall–Kier alpha value is -1.07. The van der Waals surface area contributed by atoms with Crippen LogP contribution in [0.1, 0.15) is 19.8 Å². The molecule has 0 saturated carbocycles. The largest absolute Gasteiger partial charge is 0.408 e. The van der Waals surface area contributed by atoms with E-state index in [0.717, 1.165) is 0 Å². The van der Waals surface area contributed by atoms with Gasteiger partial charge in [-0.3, -0.25) is 4.79 Å². The molecule has 0 fully saturated rings. The molecule has 0 aliphatic carbocycles. The van der Waals surface area contributed by atoms with Crippen molar-refractivity contribution in [2.45, 2.75) is 25.9 Å². The van der Waals surface area contributed by atoms with Crippen LogP contribution in [0.15, 0.2) is 5.10 Å². The molecule has 74 valence electrons. The predicted octanol–water partition coefficient (Wildman–Crippen LogP) is 1.55. The van der Waals surface area contributed by atoms with Gasteiger partial charge in [-0.1, -0.05) is 6.92 Å². The topological polar surface area (TPSA) is 32.7 Å². The van der Waals surface area contributed by atoms with Crippen LogP contribution in [0.2, 0.25) is 0 Å². The molecule has 1 heterocycles. The van der Waals surface area contributed by atoms with E-state index in [1.807, 2.05) is 0 Å². The van der Waals surface area contributed by atoms with Crippen molar-refractivity contribution >= 4 is 11.6 Å². The van der Waals surface area contributed by atoms with Gasteiger partial charge in [0, 0.05) is 5.71 Å². The van der Waals surface area contributed by atoms with Gasteiger partial charge in [-0.05, 0) is 6.42 Å². The van der Waals surface area contributed by atoms with Crippen molar-refractivity contribution in [3.63, 3.8) is 0 Å². The van der Waals surface area contributed by atoms with Crippen LogP contribution < -0.4 is 0 Å². The molecular weight excluding hydrogens is 185 g/mol. The lowest BCUT2D eigenvalue weighted by atomic mass is 10.2. The van der Waals surface area contributed by atoms with Crippen molar-refractivity contribution < 1.29 is 18.0 Å². The van der Waals surface area contributed by atoms with E-state index in [1.165, 1.54) is 0 Å². The summed E-state index contributed by atoms with van der Waals surface area (Å²) in [6.45, 7) is 0.471. The molecule has 0 N–H and O–H groups in total. The second kappa shape index (κ2) is 3.35. The van der Waals surface area contributed by atoms with Crippen LogP contribution in [0, 0.1) is 0 Å². The zero-order valence-corrected chi connectivity index (χ0v) is 7.06. The van der Waals surface area contributed by atoms with Crippen molar-refractivity contribution in [1.82, 2.24) is 5.01 Å². The van der Waals surface area contributed by atoms with Gasteiger partial charge >= 0.3 is 6.18 Å². The van der Waals surface area contributed by atoms with E-state index >= 15 is 0 Å². The van der Waals surface area contributed by atoms with Crippen molar-refractivity contribution in [2.75, 3.05) is 6.54 Å². The summed E-state index contributed by atoms with van der Waals surface area (Å²) in [7, 11) is 0. The number of rotatable bonds is 2. The number of nitrogens with zero attached hydrogens (tertiary/aromatic N) is 2. The molecule has 13 heavy (non-hydrogen) atoms. The van der Waals surface area contributed by atoms with Gasteiger partial charge in [0.05, 0.1) is 6.42 Å². The van der Waals surface area contributed by atoms with Crippen molar-refractivity contribution in [2.24, 2.45) is 5.10 Å². The Balaban J connectivity index is 2.61. The van der Waals surface area contributed by atoms with Gasteiger partial charge in [-0.25, -0.2) is 5.01 Å². The van der Waals surface area contributed by atoms with E-state index in [4.69, 9.17) is 0 Å². The second-order valence-electron chi connectivity index (χ2n) is 2.76. The van der Waals surface area contributed by atoms with Gasteiger partial charge in [-0.2, -0.15) is 18.3 Å². The Morgan fingerprint density at radius 1 is 1.54 bits per heavy atom. The minimum absolute atomic E-state index is 0.0204. The number of hydrogen-bond donors (Lipinski definition) is 0. The van der Waals surface area contributed by atoms with E-state index < -0.39 is 18.6 Å². The quantitative estimate of drug-likeness (QED) is 0.656. The highest BCUT2D eigenvalue weighted by Gasteiger charge is 2.35. The third-order valence-corrected chi connectivity index (χ3v) is 1.64. The molecule has 0 atom stereocenters. The number of alkyl halides is 3. The van der Waals surface area contributed by atoms with Gasteiger partial charge in [0.25, 0.3) is 0 Å².